The second kappa shape index (κ2) is 20.8. The van der Waals surface area contributed by atoms with E-state index in [4.69, 9.17) is 35.7 Å². The predicted octanol–water partition coefficient (Wildman–Crippen LogP) is 9.65. The molecule has 0 saturated heterocycles. The highest BCUT2D eigenvalue weighted by atomic mass is 32.2. The number of hydrogen-bond donors (Lipinski definition) is 3. The fraction of sp³-hybridized carbons (Fsp3) is 0.0811. The zero-order chi connectivity index (χ0) is 44.0. The van der Waals surface area contributed by atoms with E-state index in [0.29, 0.717) is 45.3 Å². The van der Waals surface area contributed by atoms with Crippen LogP contribution in [0.15, 0.2) is 155 Å². The van der Waals surface area contributed by atoms with Crippen molar-refractivity contribution >= 4 is 93.3 Å². The SMILES string of the molecule is COc1cc(N=Nc2ccccc2)ccc1N=Nc1ccc(N=Nc2ccc(N=Nc3ccc4cc(S(=O)(=O)O)c(N)cc4c3O)cc2C)cc1C.O=S(=O)=O.O=S(=O)=O. The first-order valence-corrected chi connectivity index (χ1v) is 20.1. The number of ether oxygens (including phenoxy) is 1. The molecule has 0 spiro atoms. The number of nitrogens with zero attached hydrogens (tertiary/aromatic N) is 8. The number of aromatic hydroxyl groups is 1. The quantitative estimate of drug-likeness (QED) is 0.0658. The van der Waals surface area contributed by atoms with Gasteiger partial charge in [0, 0.05) is 11.5 Å². The van der Waals surface area contributed by atoms with Crippen molar-refractivity contribution in [2.24, 2.45) is 40.9 Å². The van der Waals surface area contributed by atoms with E-state index in [0.717, 1.165) is 16.8 Å². The fourth-order valence-corrected chi connectivity index (χ4v) is 5.66. The second-order valence-electron chi connectivity index (χ2n) is 11.9. The van der Waals surface area contributed by atoms with Gasteiger partial charge in [0.2, 0.25) is 0 Å². The van der Waals surface area contributed by atoms with E-state index in [2.05, 4.69) is 40.9 Å². The van der Waals surface area contributed by atoms with Crippen molar-refractivity contribution in [3.05, 3.63) is 120 Å². The van der Waals surface area contributed by atoms with E-state index in [1.165, 1.54) is 18.2 Å². The number of benzene rings is 6. The lowest BCUT2D eigenvalue weighted by molar-refractivity contribution is 0.416. The van der Waals surface area contributed by atoms with E-state index in [1.807, 2.05) is 56.3 Å². The third-order valence-corrected chi connectivity index (χ3v) is 8.66. The summed E-state index contributed by atoms with van der Waals surface area (Å²) in [6.07, 6.45) is 0. The van der Waals surface area contributed by atoms with Gasteiger partial charge in [0.1, 0.15) is 22.0 Å². The summed E-state index contributed by atoms with van der Waals surface area (Å²) in [5, 5.41) is 45.8. The standard InChI is InChI=1S/C37H31N9O5S.2O3S/c1-22-17-27(42-46-34-13-9-24-19-36(52(48,49)50)30(38)21-29(24)37(34)47)10-14-31(22)43-41-26-11-15-32(23(2)18-26)44-45-33-16-12-28(20-35(33)51-3)40-39-25-7-5-4-6-8-25;2*1-4(2)3/h4-21,47H,38H2,1-3H3,(H,48,49,50);;. The Labute approximate surface area is 344 Å². The number of anilines is 1. The Morgan fingerprint density at radius 2 is 0.983 bits per heavy atom. The van der Waals surface area contributed by atoms with E-state index < -0.39 is 36.2 Å². The summed E-state index contributed by atoms with van der Waals surface area (Å²) in [6.45, 7) is 3.76. The van der Waals surface area contributed by atoms with Crippen LogP contribution in [0.5, 0.6) is 11.5 Å². The van der Waals surface area contributed by atoms with E-state index in [1.54, 1.807) is 55.6 Å². The molecule has 6 aromatic rings. The predicted molar refractivity (Wildman–Crippen MR) is 218 cm³/mol. The van der Waals surface area contributed by atoms with Gasteiger partial charge in [-0.05, 0) is 109 Å². The Bertz CT molecular complexity index is 2980. The van der Waals surface area contributed by atoms with Crippen molar-refractivity contribution in [2.75, 3.05) is 12.8 Å². The van der Waals surface area contributed by atoms with Crippen LogP contribution in [-0.2, 0) is 31.3 Å². The zero-order valence-corrected chi connectivity index (χ0v) is 33.8. The van der Waals surface area contributed by atoms with Crippen LogP contribution in [0.4, 0.5) is 51.2 Å². The first-order chi connectivity index (χ1) is 28.4. The van der Waals surface area contributed by atoms with Gasteiger partial charge in [0.15, 0.2) is 5.75 Å². The number of aryl methyl sites for hydroxylation is 2. The number of rotatable bonds is 10. The van der Waals surface area contributed by atoms with E-state index >= 15 is 0 Å². The summed E-state index contributed by atoms with van der Waals surface area (Å²) in [7, 11) is -9.19. The Morgan fingerprint density at radius 3 is 1.50 bits per heavy atom. The Balaban J connectivity index is 0.000000911. The fourth-order valence-electron chi connectivity index (χ4n) is 5.03. The number of nitrogens with two attached hydrogens (primary N) is 1. The van der Waals surface area contributed by atoms with Gasteiger partial charge in [-0.2, -0.15) is 39.1 Å². The second-order valence-corrected chi connectivity index (χ2v) is 14.1. The van der Waals surface area contributed by atoms with Gasteiger partial charge in [-0.1, -0.05) is 24.3 Å². The smallest absolute Gasteiger partial charge is 0.425 e. The molecule has 0 aliphatic rings. The topological polar surface area (TPSA) is 311 Å². The van der Waals surface area contributed by atoms with Crippen LogP contribution in [0.1, 0.15) is 11.1 Å². The number of hydrogen-bond acceptors (Lipinski definition) is 19. The maximum atomic E-state index is 11.6. The van der Waals surface area contributed by atoms with Crippen molar-refractivity contribution in [3.8, 4) is 11.5 Å². The van der Waals surface area contributed by atoms with E-state index in [-0.39, 0.29) is 22.5 Å². The summed E-state index contributed by atoms with van der Waals surface area (Å²) in [5.74, 6) is 0.270. The maximum Gasteiger partial charge on any atom is 0.425 e. The van der Waals surface area contributed by atoms with Gasteiger partial charge in [-0.3, -0.25) is 4.55 Å². The summed E-state index contributed by atoms with van der Waals surface area (Å²) in [6, 6.07) is 30.9. The minimum absolute atomic E-state index is 0.144. The monoisotopic (exact) mass is 873 g/mol. The number of phenolic OH excluding ortho intramolecular Hbond substituents is 1. The maximum absolute atomic E-state index is 11.6. The molecule has 0 heterocycles. The minimum Gasteiger partial charge on any atom is -0.505 e. The first-order valence-electron chi connectivity index (χ1n) is 16.6. The molecule has 23 heteroatoms. The summed E-state index contributed by atoms with van der Waals surface area (Å²) in [4.78, 5) is -0.445. The molecule has 0 bridgehead atoms. The molecule has 6 rings (SSSR count). The van der Waals surface area contributed by atoms with Crippen LogP contribution in [-0.4, -0.2) is 50.4 Å². The number of fused-ring (bicyclic) bond motifs is 1. The van der Waals surface area contributed by atoms with Crippen molar-refractivity contribution in [1.82, 2.24) is 0 Å². The number of nitrogen functional groups attached to an aromatic ring is 1. The van der Waals surface area contributed by atoms with Crippen LogP contribution in [0.3, 0.4) is 0 Å². The Kier molecular flexibility index (Phi) is 15.7. The van der Waals surface area contributed by atoms with Crippen LogP contribution in [0.25, 0.3) is 10.8 Å². The molecule has 0 aliphatic heterocycles. The zero-order valence-electron chi connectivity index (χ0n) is 31.3. The molecule has 60 heavy (non-hydrogen) atoms. The number of azo groups is 4. The van der Waals surface area contributed by atoms with Crippen LogP contribution in [0, 0.1) is 13.8 Å². The van der Waals surface area contributed by atoms with Gasteiger partial charge in [0.05, 0.1) is 46.9 Å². The van der Waals surface area contributed by atoms with Gasteiger partial charge in [0.25, 0.3) is 10.1 Å². The van der Waals surface area contributed by atoms with Crippen molar-refractivity contribution in [3.63, 3.8) is 0 Å². The lowest BCUT2D eigenvalue weighted by atomic mass is 10.1. The number of phenols is 1. The molecule has 308 valence electrons. The molecule has 0 amide bonds. The van der Waals surface area contributed by atoms with Crippen molar-refractivity contribution in [2.45, 2.75) is 18.7 Å². The number of methoxy groups -OCH3 is 1. The largest absolute Gasteiger partial charge is 0.505 e. The summed E-state index contributed by atoms with van der Waals surface area (Å²) < 4.78 is 88.7. The highest BCUT2D eigenvalue weighted by Crippen LogP contribution is 2.39. The summed E-state index contributed by atoms with van der Waals surface area (Å²) in [5.41, 5.74) is 11.7. The molecule has 0 fully saturated rings. The van der Waals surface area contributed by atoms with Crippen molar-refractivity contribution in [1.29, 1.82) is 0 Å². The first kappa shape index (κ1) is 45.2. The molecule has 0 atom stereocenters. The van der Waals surface area contributed by atoms with Crippen LogP contribution < -0.4 is 10.5 Å². The molecule has 0 saturated carbocycles. The molecule has 6 aromatic carbocycles. The highest BCUT2D eigenvalue weighted by molar-refractivity contribution is 7.86. The van der Waals surface area contributed by atoms with Gasteiger partial charge >= 0.3 is 21.2 Å². The minimum atomic E-state index is -4.53. The molecule has 20 nitrogen and oxygen atoms in total. The van der Waals surface area contributed by atoms with Crippen LogP contribution in [0.2, 0.25) is 0 Å². The van der Waals surface area contributed by atoms with E-state index in [9.17, 15) is 18.1 Å². The van der Waals surface area contributed by atoms with Gasteiger partial charge < -0.3 is 15.6 Å². The Morgan fingerprint density at radius 1 is 0.550 bits per heavy atom. The van der Waals surface area contributed by atoms with Crippen molar-refractivity contribution < 1.29 is 48.1 Å². The lowest BCUT2D eigenvalue weighted by Crippen LogP contribution is -2.03. The molecular weight excluding hydrogens is 843 g/mol. The highest BCUT2D eigenvalue weighted by Gasteiger charge is 2.17. The molecule has 0 aromatic heterocycles. The lowest BCUT2D eigenvalue weighted by Gasteiger charge is -2.08. The average molecular weight is 874 g/mol. The molecule has 4 N–H and O–H groups in total. The summed E-state index contributed by atoms with van der Waals surface area (Å²) >= 11 is 0. The average Bonchev–Trinajstić information content (AvgIpc) is 3.19. The third kappa shape index (κ3) is 13.3. The van der Waals surface area contributed by atoms with Crippen LogP contribution >= 0.6 is 0 Å². The molecule has 0 radical (unpaired) electrons. The molecule has 0 aliphatic carbocycles. The normalized spacial score (nSPS) is 11.4. The molecular formula is C37H31N9O11S3. The third-order valence-electron chi connectivity index (χ3n) is 7.75. The van der Waals surface area contributed by atoms with Gasteiger partial charge in [-0.15, -0.1) is 35.5 Å². The molecule has 0 unspecified atom stereocenters. The van der Waals surface area contributed by atoms with Gasteiger partial charge in [-0.25, -0.2) is 0 Å². The Hall–Kier alpha value is -7.47.